The van der Waals surface area contributed by atoms with Gasteiger partial charge in [-0.1, -0.05) is 134 Å². The number of carbonyl (C=O) groups is 1. The molecular formula is C33H48O3. The van der Waals surface area contributed by atoms with Crippen LogP contribution < -0.4 is 9.47 Å². The molecule has 2 aromatic carbocycles. The fraction of sp³-hybridized carbons (Fsp3) is 0.545. The first-order valence-corrected chi connectivity index (χ1v) is 14.4. The van der Waals surface area contributed by atoms with Crippen molar-refractivity contribution >= 4 is 5.97 Å². The van der Waals surface area contributed by atoms with Crippen LogP contribution in [0.2, 0.25) is 0 Å². The van der Waals surface area contributed by atoms with Gasteiger partial charge >= 0.3 is 5.97 Å². The summed E-state index contributed by atoms with van der Waals surface area (Å²) in [6, 6.07) is 15.6. The van der Waals surface area contributed by atoms with Crippen LogP contribution in [0.15, 0.2) is 61.2 Å². The van der Waals surface area contributed by atoms with Crippen molar-refractivity contribution in [3.8, 4) is 22.6 Å². The fourth-order valence-electron chi connectivity index (χ4n) is 4.46. The van der Waals surface area contributed by atoms with Crippen LogP contribution >= 0.6 is 0 Å². The first-order valence-electron chi connectivity index (χ1n) is 14.4. The normalized spacial score (nSPS) is 10.8. The Labute approximate surface area is 220 Å². The summed E-state index contributed by atoms with van der Waals surface area (Å²) in [6.07, 6.45) is 23.2. The summed E-state index contributed by atoms with van der Waals surface area (Å²) in [4.78, 5) is 11.3. The highest BCUT2D eigenvalue weighted by atomic mass is 16.5. The zero-order valence-electron chi connectivity index (χ0n) is 22.6. The van der Waals surface area contributed by atoms with Gasteiger partial charge in [0.2, 0.25) is 0 Å². The van der Waals surface area contributed by atoms with Crippen LogP contribution in [0.3, 0.4) is 0 Å². The van der Waals surface area contributed by atoms with Crippen molar-refractivity contribution in [2.75, 3.05) is 6.61 Å². The first-order chi connectivity index (χ1) is 17.7. The lowest BCUT2D eigenvalue weighted by molar-refractivity contribution is -0.128. The molecule has 0 bridgehead atoms. The number of hydrogen-bond acceptors (Lipinski definition) is 3. The molecule has 0 aromatic heterocycles. The minimum absolute atomic E-state index is 0.450. The Morgan fingerprint density at radius 3 is 1.42 bits per heavy atom. The third-order valence-electron chi connectivity index (χ3n) is 6.69. The van der Waals surface area contributed by atoms with Crippen molar-refractivity contribution in [2.24, 2.45) is 0 Å². The van der Waals surface area contributed by atoms with Crippen LogP contribution in [-0.2, 0) is 4.79 Å². The molecular weight excluding hydrogens is 444 g/mol. The Morgan fingerprint density at radius 2 is 1.00 bits per heavy atom. The van der Waals surface area contributed by atoms with Gasteiger partial charge in [0.15, 0.2) is 0 Å². The molecule has 0 N–H and O–H groups in total. The highest BCUT2D eigenvalue weighted by Gasteiger charge is 2.03. The lowest BCUT2D eigenvalue weighted by Gasteiger charge is -2.08. The molecule has 0 saturated heterocycles. The van der Waals surface area contributed by atoms with Crippen LogP contribution in [0, 0.1) is 0 Å². The van der Waals surface area contributed by atoms with E-state index in [2.05, 4.69) is 25.6 Å². The van der Waals surface area contributed by atoms with Gasteiger partial charge in [-0.05, 0) is 41.8 Å². The highest BCUT2D eigenvalue weighted by Crippen LogP contribution is 2.25. The summed E-state index contributed by atoms with van der Waals surface area (Å²) in [7, 11) is 0. The summed E-state index contributed by atoms with van der Waals surface area (Å²) >= 11 is 0. The van der Waals surface area contributed by atoms with Crippen molar-refractivity contribution < 1.29 is 14.3 Å². The van der Waals surface area contributed by atoms with Gasteiger partial charge in [0.05, 0.1) is 6.61 Å². The number of hydrogen-bond donors (Lipinski definition) is 0. The zero-order valence-corrected chi connectivity index (χ0v) is 22.6. The lowest BCUT2D eigenvalue weighted by atomic mass is 10.0. The van der Waals surface area contributed by atoms with Crippen molar-refractivity contribution in [1.29, 1.82) is 0 Å². The van der Waals surface area contributed by atoms with Crippen LogP contribution in [0.25, 0.3) is 11.1 Å². The largest absolute Gasteiger partial charge is 0.494 e. The minimum atomic E-state index is -0.450. The molecule has 2 rings (SSSR count). The average Bonchev–Trinajstić information content (AvgIpc) is 2.91. The predicted octanol–water partition coefficient (Wildman–Crippen LogP) is 10.1. The molecule has 3 heteroatoms. The third-order valence-corrected chi connectivity index (χ3v) is 6.69. The van der Waals surface area contributed by atoms with Crippen LogP contribution in [-0.4, -0.2) is 12.6 Å². The van der Waals surface area contributed by atoms with Crippen molar-refractivity contribution in [3.05, 3.63) is 61.2 Å². The van der Waals surface area contributed by atoms with Crippen molar-refractivity contribution in [1.82, 2.24) is 0 Å². The molecule has 0 aliphatic carbocycles. The number of benzene rings is 2. The molecule has 3 nitrogen and oxygen atoms in total. The van der Waals surface area contributed by atoms with E-state index in [0.29, 0.717) is 5.75 Å². The Balaban J connectivity index is 1.44. The van der Waals surface area contributed by atoms with E-state index in [4.69, 9.17) is 9.47 Å². The molecule has 0 radical (unpaired) electrons. The van der Waals surface area contributed by atoms with Gasteiger partial charge in [-0.3, -0.25) is 0 Å². The summed E-state index contributed by atoms with van der Waals surface area (Å²) in [5.41, 5.74) is 2.17. The summed E-state index contributed by atoms with van der Waals surface area (Å²) in [5, 5.41) is 0. The second kappa shape index (κ2) is 19.6. The van der Waals surface area contributed by atoms with E-state index < -0.39 is 5.97 Å². The second-order valence-electron chi connectivity index (χ2n) is 9.83. The van der Waals surface area contributed by atoms with Gasteiger partial charge in [-0.25, -0.2) is 4.79 Å². The van der Waals surface area contributed by atoms with E-state index >= 15 is 0 Å². The number of ether oxygens (including phenoxy) is 2. The second-order valence-corrected chi connectivity index (χ2v) is 9.83. The molecule has 0 amide bonds. The zero-order chi connectivity index (χ0) is 25.7. The molecule has 0 aliphatic rings. The SMILES string of the molecule is C=CC(=O)Oc1ccc(-c2ccc(OCCCCCCCCCCCCCCCCCC)cc2)cc1. The fourth-order valence-corrected chi connectivity index (χ4v) is 4.46. The maximum Gasteiger partial charge on any atom is 0.335 e. The predicted molar refractivity (Wildman–Crippen MR) is 153 cm³/mol. The first kappa shape index (κ1) is 29.7. The lowest BCUT2D eigenvalue weighted by Crippen LogP contribution is -2.02. The molecule has 0 spiro atoms. The van der Waals surface area contributed by atoms with Gasteiger partial charge in [0, 0.05) is 6.08 Å². The van der Waals surface area contributed by atoms with Gasteiger partial charge in [0.25, 0.3) is 0 Å². The Morgan fingerprint density at radius 1 is 0.611 bits per heavy atom. The van der Waals surface area contributed by atoms with Crippen molar-refractivity contribution in [3.63, 3.8) is 0 Å². The summed E-state index contributed by atoms with van der Waals surface area (Å²) in [5.74, 6) is 0.979. The van der Waals surface area contributed by atoms with E-state index in [1.807, 2.05) is 24.3 Å². The standard InChI is InChI=1S/C33H48O3/c1-3-5-6-7-8-9-10-11-12-13-14-15-16-17-18-19-28-35-31-24-20-29(21-25-31)30-22-26-32(27-23-30)36-33(34)4-2/h4,20-27H,2-3,5-19,28H2,1H3. The molecule has 0 atom stereocenters. The molecule has 0 heterocycles. The smallest absolute Gasteiger partial charge is 0.335 e. The Hall–Kier alpha value is -2.55. The van der Waals surface area contributed by atoms with Gasteiger partial charge in [-0.2, -0.15) is 0 Å². The molecule has 0 aliphatic heterocycles. The van der Waals surface area contributed by atoms with E-state index in [0.717, 1.165) is 36.0 Å². The minimum Gasteiger partial charge on any atom is -0.494 e. The maximum absolute atomic E-state index is 11.3. The summed E-state index contributed by atoms with van der Waals surface area (Å²) < 4.78 is 11.0. The number of unbranched alkanes of at least 4 members (excludes halogenated alkanes) is 15. The Bertz CT molecular complexity index is 823. The average molecular weight is 493 g/mol. The number of carbonyl (C=O) groups excluding carboxylic acids is 1. The highest BCUT2D eigenvalue weighted by molar-refractivity contribution is 5.83. The van der Waals surface area contributed by atoms with Gasteiger partial charge in [-0.15, -0.1) is 0 Å². The van der Waals surface area contributed by atoms with Crippen molar-refractivity contribution in [2.45, 2.75) is 110 Å². The maximum atomic E-state index is 11.3. The van der Waals surface area contributed by atoms with Crippen LogP contribution in [0.5, 0.6) is 11.5 Å². The quantitative estimate of drug-likeness (QED) is 0.0752. The molecule has 198 valence electrons. The molecule has 0 unspecified atom stereocenters. The van der Waals surface area contributed by atoms with Gasteiger partial charge in [0.1, 0.15) is 11.5 Å². The van der Waals surface area contributed by atoms with Gasteiger partial charge < -0.3 is 9.47 Å². The van der Waals surface area contributed by atoms with Crippen LogP contribution in [0.4, 0.5) is 0 Å². The monoisotopic (exact) mass is 492 g/mol. The Kier molecular flexibility index (Phi) is 16.2. The van der Waals surface area contributed by atoms with E-state index in [1.54, 1.807) is 12.1 Å². The summed E-state index contributed by atoms with van der Waals surface area (Å²) in [6.45, 7) is 6.47. The molecule has 0 saturated carbocycles. The van der Waals surface area contributed by atoms with E-state index in [9.17, 15) is 4.79 Å². The van der Waals surface area contributed by atoms with E-state index in [-0.39, 0.29) is 0 Å². The topological polar surface area (TPSA) is 35.5 Å². The van der Waals surface area contributed by atoms with E-state index in [1.165, 1.54) is 96.3 Å². The van der Waals surface area contributed by atoms with Crippen LogP contribution in [0.1, 0.15) is 110 Å². The molecule has 0 fully saturated rings. The third kappa shape index (κ3) is 13.5. The number of esters is 1. The molecule has 2 aromatic rings. The number of rotatable bonds is 21. The molecule has 36 heavy (non-hydrogen) atoms.